The van der Waals surface area contributed by atoms with Crippen molar-refractivity contribution in [2.75, 3.05) is 19.6 Å². The Balaban J connectivity index is 1.93. The molecule has 0 spiro atoms. The molecular formula is C16H30N4. The van der Waals surface area contributed by atoms with Crippen molar-refractivity contribution in [3.8, 4) is 0 Å². The van der Waals surface area contributed by atoms with E-state index in [1.165, 1.54) is 25.2 Å². The third-order valence-electron chi connectivity index (χ3n) is 4.91. The SMILES string of the molecule is CCC(C)C1CN(CCc2nccn2C)C(CC)CN1. The number of nitrogens with zero attached hydrogens (tertiary/aromatic N) is 3. The highest BCUT2D eigenvalue weighted by Crippen LogP contribution is 2.17. The first-order valence-corrected chi connectivity index (χ1v) is 8.09. The van der Waals surface area contributed by atoms with Crippen molar-refractivity contribution < 1.29 is 0 Å². The van der Waals surface area contributed by atoms with Crippen molar-refractivity contribution in [3.63, 3.8) is 0 Å². The van der Waals surface area contributed by atoms with Crippen LogP contribution in [0.1, 0.15) is 39.4 Å². The minimum atomic E-state index is 0.643. The molecule has 2 rings (SSSR count). The van der Waals surface area contributed by atoms with Crippen molar-refractivity contribution >= 4 is 0 Å². The maximum atomic E-state index is 4.44. The molecule has 0 radical (unpaired) electrons. The first-order valence-electron chi connectivity index (χ1n) is 8.09. The van der Waals surface area contributed by atoms with Gasteiger partial charge in [0.2, 0.25) is 0 Å². The number of imidazole rings is 1. The molecule has 1 aromatic rings. The molecular weight excluding hydrogens is 248 g/mol. The van der Waals surface area contributed by atoms with Crippen LogP contribution < -0.4 is 5.32 Å². The second-order valence-corrected chi connectivity index (χ2v) is 6.16. The Kier molecular flexibility index (Phi) is 5.61. The number of aromatic nitrogens is 2. The van der Waals surface area contributed by atoms with Crippen LogP contribution in [-0.2, 0) is 13.5 Å². The molecule has 3 atom stereocenters. The molecule has 3 unspecified atom stereocenters. The van der Waals surface area contributed by atoms with Gasteiger partial charge in [-0.05, 0) is 12.3 Å². The summed E-state index contributed by atoms with van der Waals surface area (Å²) in [6, 6.07) is 1.32. The van der Waals surface area contributed by atoms with Crippen molar-refractivity contribution in [3.05, 3.63) is 18.2 Å². The summed E-state index contributed by atoms with van der Waals surface area (Å²) in [6.07, 6.45) is 7.45. The van der Waals surface area contributed by atoms with Crippen molar-refractivity contribution in [2.45, 2.75) is 52.1 Å². The summed E-state index contributed by atoms with van der Waals surface area (Å²) in [5.41, 5.74) is 0. The summed E-state index contributed by atoms with van der Waals surface area (Å²) in [7, 11) is 2.08. The first-order chi connectivity index (χ1) is 9.65. The molecule has 2 heterocycles. The van der Waals surface area contributed by atoms with Gasteiger partial charge in [-0.15, -0.1) is 0 Å². The molecule has 1 aliphatic heterocycles. The Morgan fingerprint density at radius 2 is 2.25 bits per heavy atom. The van der Waals surface area contributed by atoms with E-state index in [2.05, 4.69) is 47.6 Å². The van der Waals surface area contributed by atoms with E-state index in [-0.39, 0.29) is 0 Å². The number of rotatable bonds is 6. The predicted molar refractivity (Wildman–Crippen MR) is 83.8 cm³/mol. The molecule has 1 N–H and O–H groups in total. The van der Waals surface area contributed by atoms with Gasteiger partial charge in [-0.3, -0.25) is 4.90 Å². The molecule has 0 aromatic carbocycles. The molecule has 0 aliphatic carbocycles. The van der Waals surface area contributed by atoms with Crippen LogP contribution in [0, 0.1) is 5.92 Å². The van der Waals surface area contributed by atoms with Crippen LogP contribution in [-0.4, -0.2) is 46.2 Å². The summed E-state index contributed by atoms with van der Waals surface area (Å²) in [6.45, 7) is 10.4. The van der Waals surface area contributed by atoms with Crippen LogP contribution in [0.4, 0.5) is 0 Å². The molecule has 0 saturated carbocycles. The van der Waals surface area contributed by atoms with Gasteiger partial charge in [0.25, 0.3) is 0 Å². The van der Waals surface area contributed by atoms with E-state index < -0.39 is 0 Å². The standard InChI is InChI=1S/C16H30N4/c1-5-13(3)15-12-20(14(6-2)11-18-15)9-7-16-17-8-10-19(16)4/h8,10,13-15,18H,5-7,9,11-12H2,1-4H3. The normalized spacial score (nSPS) is 25.8. The largest absolute Gasteiger partial charge is 0.338 e. The number of aryl methyl sites for hydroxylation is 1. The number of hydrogen-bond acceptors (Lipinski definition) is 3. The van der Waals surface area contributed by atoms with Gasteiger partial charge in [-0.2, -0.15) is 0 Å². The summed E-state index contributed by atoms with van der Waals surface area (Å²) < 4.78 is 2.13. The summed E-state index contributed by atoms with van der Waals surface area (Å²) in [5.74, 6) is 1.95. The highest BCUT2D eigenvalue weighted by atomic mass is 15.2. The lowest BCUT2D eigenvalue weighted by atomic mass is 9.94. The van der Waals surface area contributed by atoms with E-state index in [0.717, 1.165) is 25.4 Å². The third kappa shape index (κ3) is 3.61. The molecule has 0 amide bonds. The maximum Gasteiger partial charge on any atom is 0.109 e. The monoisotopic (exact) mass is 278 g/mol. The lowest BCUT2D eigenvalue weighted by molar-refractivity contribution is 0.107. The highest BCUT2D eigenvalue weighted by molar-refractivity contribution is 4.94. The van der Waals surface area contributed by atoms with Crippen molar-refractivity contribution in [2.24, 2.45) is 13.0 Å². The van der Waals surface area contributed by atoms with Crippen LogP contribution >= 0.6 is 0 Å². The second kappa shape index (κ2) is 7.23. The average Bonchev–Trinajstić information content (AvgIpc) is 2.89. The van der Waals surface area contributed by atoms with Crippen LogP contribution in [0.25, 0.3) is 0 Å². The van der Waals surface area contributed by atoms with E-state index in [1.54, 1.807) is 0 Å². The molecule has 1 aromatic heterocycles. The Labute approximate surface area is 123 Å². The van der Waals surface area contributed by atoms with Crippen LogP contribution in [0.15, 0.2) is 12.4 Å². The minimum Gasteiger partial charge on any atom is -0.338 e. The zero-order chi connectivity index (χ0) is 14.5. The third-order valence-corrected chi connectivity index (χ3v) is 4.91. The lowest BCUT2D eigenvalue weighted by Crippen LogP contribution is -2.58. The van der Waals surface area contributed by atoms with E-state index in [1.807, 2.05) is 12.4 Å². The zero-order valence-corrected chi connectivity index (χ0v) is 13.5. The molecule has 4 heteroatoms. The first kappa shape index (κ1) is 15.5. The Morgan fingerprint density at radius 1 is 1.45 bits per heavy atom. The topological polar surface area (TPSA) is 33.1 Å². The van der Waals surface area contributed by atoms with Crippen molar-refractivity contribution in [1.29, 1.82) is 0 Å². The van der Waals surface area contributed by atoms with Crippen LogP contribution in [0.2, 0.25) is 0 Å². The van der Waals surface area contributed by atoms with Gasteiger partial charge in [0, 0.05) is 57.6 Å². The fraction of sp³-hybridized carbons (Fsp3) is 0.812. The number of piperazine rings is 1. The highest BCUT2D eigenvalue weighted by Gasteiger charge is 2.28. The molecule has 20 heavy (non-hydrogen) atoms. The average molecular weight is 278 g/mol. The van der Waals surface area contributed by atoms with E-state index in [9.17, 15) is 0 Å². The maximum absolute atomic E-state index is 4.44. The van der Waals surface area contributed by atoms with Gasteiger partial charge in [0.1, 0.15) is 5.82 Å². The minimum absolute atomic E-state index is 0.643. The van der Waals surface area contributed by atoms with Gasteiger partial charge in [0.05, 0.1) is 0 Å². The van der Waals surface area contributed by atoms with Gasteiger partial charge in [-0.1, -0.05) is 27.2 Å². The number of hydrogen-bond donors (Lipinski definition) is 1. The van der Waals surface area contributed by atoms with Gasteiger partial charge >= 0.3 is 0 Å². The summed E-state index contributed by atoms with van der Waals surface area (Å²) in [5, 5.41) is 3.74. The Bertz CT molecular complexity index is 401. The zero-order valence-electron chi connectivity index (χ0n) is 13.5. The fourth-order valence-corrected chi connectivity index (χ4v) is 3.11. The smallest absolute Gasteiger partial charge is 0.109 e. The molecule has 1 fully saturated rings. The number of nitrogens with one attached hydrogen (secondary N) is 1. The quantitative estimate of drug-likeness (QED) is 0.864. The fourth-order valence-electron chi connectivity index (χ4n) is 3.11. The van der Waals surface area contributed by atoms with E-state index in [4.69, 9.17) is 0 Å². The van der Waals surface area contributed by atoms with E-state index >= 15 is 0 Å². The van der Waals surface area contributed by atoms with Crippen molar-refractivity contribution in [1.82, 2.24) is 19.8 Å². The molecule has 1 aliphatic rings. The predicted octanol–water partition coefficient (Wildman–Crippen LogP) is 2.06. The van der Waals surface area contributed by atoms with Crippen LogP contribution in [0.5, 0.6) is 0 Å². The Hall–Kier alpha value is -0.870. The summed E-state index contributed by atoms with van der Waals surface area (Å²) >= 11 is 0. The molecule has 1 saturated heterocycles. The van der Waals surface area contributed by atoms with Gasteiger partial charge in [-0.25, -0.2) is 4.98 Å². The van der Waals surface area contributed by atoms with Crippen LogP contribution in [0.3, 0.4) is 0 Å². The summed E-state index contributed by atoms with van der Waals surface area (Å²) in [4.78, 5) is 7.11. The molecule has 114 valence electrons. The Morgan fingerprint density at radius 3 is 2.85 bits per heavy atom. The molecule has 0 bridgehead atoms. The molecule has 4 nitrogen and oxygen atoms in total. The van der Waals surface area contributed by atoms with E-state index in [0.29, 0.717) is 12.1 Å². The second-order valence-electron chi connectivity index (χ2n) is 6.16. The lowest BCUT2D eigenvalue weighted by Gasteiger charge is -2.42. The van der Waals surface area contributed by atoms with Gasteiger partial charge in [0.15, 0.2) is 0 Å². The van der Waals surface area contributed by atoms with Gasteiger partial charge < -0.3 is 9.88 Å².